The quantitative estimate of drug-likeness (QED) is 0.432. The monoisotopic (exact) mass is 214 g/mol. The summed E-state index contributed by atoms with van der Waals surface area (Å²) in [4.78, 5) is 0. The third-order valence-corrected chi connectivity index (χ3v) is 1.80. The highest BCUT2D eigenvalue weighted by molar-refractivity contribution is 4.81. The molecule has 0 heterocycles. The zero-order valence-electron chi connectivity index (χ0n) is 10.7. The average molecular weight is 214 g/mol. The van der Waals surface area contributed by atoms with Gasteiger partial charge in [-0.25, -0.2) is 0 Å². The van der Waals surface area contributed by atoms with Gasteiger partial charge in [-0.1, -0.05) is 26.0 Å². The summed E-state index contributed by atoms with van der Waals surface area (Å²) in [6.07, 6.45) is 6.79. The minimum Gasteiger partial charge on any atom is -0.379 e. The molecule has 0 radical (unpaired) electrons. The molecule has 0 spiro atoms. The number of rotatable bonds is 9. The van der Waals surface area contributed by atoms with Crippen LogP contribution in [-0.4, -0.2) is 25.9 Å². The molecule has 15 heavy (non-hydrogen) atoms. The van der Waals surface area contributed by atoms with Gasteiger partial charge in [0.15, 0.2) is 0 Å². The van der Waals surface area contributed by atoms with E-state index in [0.717, 1.165) is 32.7 Å². The van der Waals surface area contributed by atoms with E-state index >= 15 is 0 Å². The fourth-order valence-corrected chi connectivity index (χ4v) is 1.08. The molecule has 0 aliphatic heterocycles. The van der Waals surface area contributed by atoms with Crippen LogP contribution in [0.2, 0.25) is 0 Å². The molecular weight excluding hydrogens is 188 g/mol. The number of allylic oxidation sites excluding steroid dienone is 1. The van der Waals surface area contributed by atoms with Crippen molar-refractivity contribution < 1.29 is 9.47 Å². The van der Waals surface area contributed by atoms with Gasteiger partial charge in [0.2, 0.25) is 0 Å². The molecular formula is C13H26O2. The first-order chi connectivity index (χ1) is 7.13. The van der Waals surface area contributed by atoms with Crippen LogP contribution in [0, 0.1) is 5.92 Å². The fourth-order valence-electron chi connectivity index (χ4n) is 1.08. The molecule has 0 aliphatic rings. The predicted octanol–water partition coefficient (Wildman–Crippen LogP) is 3.42. The van der Waals surface area contributed by atoms with Crippen LogP contribution in [0.25, 0.3) is 0 Å². The second-order valence-electron chi connectivity index (χ2n) is 4.46. The van der Waals surface area contributed by atoms with Crippen molar-refractivity contribution in [3.8, 4) is 0 Å². The summed E-state index contributed by atoms with van der Waals surface area (Å²) >= 11 is 0. The van der Waals surface area contributed by atoms with E-state index < -0.39 is 0 Å². The van der Waals surface area contributed by atoms with Crippen LogP contribution in [0.3, 0.4) is 0 Å². The lowest BCUT2D eigenvalue weighted by atomic mass is 10.2. The van der Waals surface area contributed by atoms with Crippen LogP contribution in [0.4, 0.5) is 0 Å². The molecule has 2 nitrogen and oxygen atoms in total. The van der Waals surface area contributed by atoms with Gasteiger partial charge in [0.25, 0.3) is 0 Å². The van der Waals surface area contributed by atoms with Crippen LogP contribution < -0.4 is 0 Å². The van der Waals surface area contributed by atoms with Crippen molar-refractivity contribution in [3.05, 3.63) is 12.2 Å². The maximum atomic E-state index is 5.44. The number of ether oxygens (including phenoxy) is 2. The van der Waals surface area contributed by atoms with E-state index in [9.17, 15) is 0 Å². The SMILES string of the molecule is CC(C)COCC=CCCCOC(C)C. The summed E-state index contributed by atoms with van der Waals surface area (Å²) < 4.78 is 10.9. The molecule has 2 heteroatoms. The number of unbranched alkanes of at least 4 members (excludes halogenated alkanes) is 1. The Morgan fingerprint density at radius 2 is 1.80 bits per heavy atom. The van der Waals surface area contributed by atoms with Crippen molar-refractivity contribution in [3.63, 3.8) is 0 Å². The maximum Gasteiger partial charge on any atom is 0.0647 e. The Kier molecular flexibility index (Phi) is 9.96. The first-order valence-corrected chi connectivity index (χ1v) is 5.97. The summed E-state index contributed by atoms with van der Waals surface area (Å²) in [5.74, 6) is 0.623. The Labute approximate surface area is 94.7 Å². The first-order valence-electron chi connectivity index (χ1n) is 5.97. The summed E-state index contributed by atoms with van der Waals surface area (Å²) in [5.41, 5.74) is 0. The molecule has 0 saturated carbocycles. The molecule has 0 aromatic heterocycles. The van der Waals surface area contributed by atoms with Crippen molar-refractivity contribution >= 4 is 0 Å². The first kappa shape index (κ1) is 14.7. The third kappa shape index (κ3) is 13.7. The lowest BCUT2D eigenvalue weighted by Gasteiger charge is -2.05. The molecule has 0 aromatic rings. The Balaban J connectivity index is 3.11. The molecule has 0 aliphatic carbocycles. The van der Waals surface area contributed by atoms with Gasteiger partial charge in [-0.05, 0) is 32.6 Å². The van der Waals surface area contributed by atoms with Crippen LogP contribution in [-0.2, 0) is 9.47 Å². The van der Waals surface area contributed by atoms with E-state index in [2.05, 4.69) is 39.8 Å². The average Bonchev–Trinajstić information content (AvgIpc) is 2.14. The molecule has 0 atom stereocenters. The maximum absolute atomic E-state index is 5.44. The van der Waals surface area contributed by atoms with Gasteiger partial charge in [0.05, 0.1) is 12.7 Å². The molecule has 0 rings (SSSR count). The molecule has 0 saturated heterocycles. The largest absolute Gasteiger partial charge is 0.379 e. The second kappa shape index (κ2) is 10.2. The van der Waals surface area contributed by atoms with Crippen molar-refractivity contribution in [2.24, 2.45) is 5.92 Å². The highest BCUT2D eigenvalue weighted by Crippen LogP contribution is 1.96. The van der Waals surface area contributed by atoms with E-state index in [-0.39, 0.29) is 0 Å². The number of hydrogen-bond donors (Lipinski definition) is 0. The van der Waals surface area contributed by atoms with E-state index in [0.29, 0.717) is 12.0 Å². The summed E-state index contributed by atoms with van der Waals surface area (Å²) in [6.45, 7) is 10.9. The minimum atomic E-state index is 0.350. The van der Waals surface area contributed by atoms with Gasteiger partial charge in [0, 0.05) is 13.2 Å². The minimum absolute atomic E-state index is 0.350. The topological polar surface area (TPSA) is 18.5 Å². The molecule has 90 valence electrons. The smallest absolute Gasteiger partial charge is 0.0647 e. The van der Waals surface area contributed by atoms with Gasteiger partial charge < -0.3 is 9.47 Å². The van der Waals surface area contributed by atoms with Crippen LogP contribution in [0.5, 0.6) is 0 Å². The van der Waals surface area contributed by atoms with E-state index in [4.69, 9.17) is 9.47 Å². The zero-order valence-corrected chi connectivity index (χ0v) is 10.7. The van der Waals surface area contributed by atoms with Gasteiger partial charge in [-0.2, -0.15) is 0 Å². The van der Waals surface area contributed by atoms with Gasteiger partial charge in [-0.3, -0.25) is 0 Å². The lowest BCUT2D eigenvalue weighted by Crippen LogP contribution is -2.03. The van der Waals surface area contributed by atoms with E-state index in [1.54, 1.807) is 0 Å². The molecule has 0 amide bonds. The highest BCUT2D eigenvalue weighted by Gasteiger charge is 1.92. The van der Waals surface area contributed by atoms with Crippen LogP contribution in [0.1, 0.15) is 40.5 Å². The second-order valence-corrected chi connectivity index (χ2v) is 4.46. The zero-order chi connectivity index (χ0) is 11.5. The Morgan fingerprint density at radius 1 is 1.07 bits per heavy atom. The van der Waals surface area contributed by atoms with Crippen molar-refractivity contribution in [2.75, 3.05) is 19.8 Å². The lowest BCUT2D eigenvalue weighted by molar-refractivity contribution is 0.0774. The molecule has 0 unspecified atom stereocenters. The molecule has 0 fully saturated rings. The third-order valence-electron chi connectivity index (χ3n) is 1.80. The Morgan fingerprint density at radius 3 is 2.40 bits per heavy atom. The summed E-state index contributed by atoms with van der Waals surface area (Å²) in [6, 6.07) is 0. The van der Waals surface area contributed by atoms with Crippen molar-refractivity contribution in [1.82, 2.24) is 0 Å². The molecule has 0 N–H and O–H groups in total. The normalized spacial score (nSPS) is 12.1. The van der Waals surface area contributed by atoms with Gasteiger partial charge in [0.1, 0.15) is 0 Å². The van der Waals surface area contributed by atoms with Gasteiger partial charge in [-0.15, -0.1) is 0 Å². The van der Waals surface area contributed by atoms with Gasteiger partial charge >= 0.3 is 0 Å². The summed E-state index contributed by atoms with van der Waals surface area (Å²) in [5, 5.41) is 0. The Hall–Kier alpha value is -0.340. The van der Waals surface area contributed by atoms with Crippen LogP contribution in [0.15, 0.2) is 12.2 Å². The fraction of sp³-hybridized carbons (Fsp3) is 0.846. The van der Waals surface area contributed by atoms with E-state index in [1.807, 2.05) is 0 Å². The summed E-state index contributed by atoms with van der Waals surface area (Å²) in [7, 11) is 0. The molecule has 0 bridgehead atoms. The van der Waals surface area contributed by atoms with Crippen LogP contribution >= 0.6 is 0 Å². The predicted molar refractivity (Wildman–Crippen MR) is 65.1 cm³/mol. The molecule has 0 aromatic carbocycles. The van der Waals surface area contributed by atoms with Crippen molar-refractivity contribution in [2.45, 2.75) is 46.6 Å². The van der Waals surface area contributed by atoms with E-state index in [1.165, 1.54) is 0 Å². The Bertz CT molecular complexity index is 151. The number of hydrogen-bond acceptors (Lipinski definition) is 2. The van der Waals surface area contributed by atoms with Crippen molar-refractivity contribution in [1.29, 1.82) is 0 Å². The standard InChI is InChI=1S/C13H26O2/c1-12(2)11-14-9-7-5-6-8-10-15-13(3)4/h5,7,12-13H,6,8-11H2,1-4H3. The highest BCUT2D eigenvalue weighted by atomic mass is 16.5.